The van der Waals surface area contributed by atoms with Crippen molar-refractivity contribution in [2.75, 3.05) is 27.2 Å². The highest BCUT2D eigenvalue weighted by molar-refractivity contribution is 14.0. The van der Waals surface area contributed by atoms with E-state index < -0.39 is 0 Å². The Hall–Kier alpha value is -2.40. The summed E-state index contributed by atoms with van der Waals surface area (Å²) in [6, 6.07) is 14.3. The zero-order valence-corrected chi connectivity index (χ0v) is 21.0. The molecule has 2 aromatic heterocycles. The van der Waals surface area contributed by atoms with E-state index in [0.717, 1.165) is 18.5 Å². The summed E-state index contributed by atoms with van der Waals surface area (Å²) < 4.78 is 1.90. The number of halogens is 1. The number of aromatic nitrogens is 2. The summed E-state index contributed by atoms with van der Waals surface area (Å²) in [6.45, 7) is 2.17. The van der Waals surface area contributed by atoms with Gasteiger partial charge in [0.25, 0.3) is 0 Å². The maximum absolute atomic E-state index is 12.0. The number of benzene rings is 1. The first kappa shape index (κ1) is 24.9. The maximum atomic E-state index is 12.0. The van der Waals surface area contributed by atoms with E-state index in [1.807, 2.05) is 29.1 Å². The van der Waals surface area contributed by atoms with E-state index in [1.165, 1.54) is 10.4 Å². The Morgan fingerprint density at radius 2 is 1.94 bits per heavy atom. The third-order valence-electron chi connectivity index (χ3n) is 4.57. The summed E-state index contributed by atoms with van der Waals surface area (Å²) in [5.41, 5.74) is 2.30. The Morgan fingerprint density at radius 3 is 2.61 bits per heavy atom. The van der Waals surface area contributed by atoms with Crippen molar-refractivity contribution in [3.63, 3.8) is 0 Å². The van der Waals surface area contributed by atoms with Crippen LogP contribution in [0.1, 0.15) is 16.0 Å². The second-order valence-electron chi connectivity index (χ2n) is 7.04. The second-order valence-corrected chi connectivity index (χ2v) is 8.07. The SMILES string of the molecule is CN(C)C(=O)CNC(=NCc1ccccc1Cn1cccn1)NCCc1cccs1.I. The van der Waals surface area contributed by atoms with Gasteiger partial charge in [-0.3, -0.25) is 9.48 Å². The Labute approximate surface area is 204 Å². The standard InChI is InChI=1S/C22H28N6OS.HI/c1-27(2)21(29)16-25-22(23-12-10-20-9-5-14-30-20)24-15-18-7-3-4-8-19(18)17-28-13-6-11-26-28;/h3-9,11,13-14H,10,12,15-17H2,1-2H3,(H2,23,24,25);1H. The van der Waals surface area contributed by atoms with Crippen molar-refractivity contribution in [1.82, 2.24) is 25.3 Å². The molecule has 0 aliphatic heterocycles. The van der Waals surface area contributed by atoms with Crippen LogP contribution in [0.4, 0.5) is 0 Å². The van der Waals surface area contributed by atoms with Gasteiger partial charge >= 0.3 is 0 Å². The molecule has 0 fully saturated rings. The normalized spacial score (nSPS) is 11.0. The summed E-state index contributed by atoms with van der Waals surface area (Å²) in [5, 5.41) is 12.9. The van der Waals surface area contributed by atoms with Gasteiger partial charge in [0, 0.05) is 37.9 Å². The highest BCUT2D eigenvalue weighted by Crippen LogP contribution is 2.12. The summed E-state index contributed by atoms with van der Waals surface area (Å²) in [7, 11) is 3.49. The number of rotatable bonds is 9. The van der Waals surface area contributed by atoms with Crippen LogP contribution in [0, 0.1) is 0 Å². The van der Waals surface area contributed by atoms with E-state index in [9.17, 15) is 4.79 Å². The number of aliphatic imine (C=N–C) groups is 1. The minimum atomic E-state index is 0. The predicted molar refractivity (Wildman–Crippen MR) is 137 cm³/mol. The molecule has 1 amide bonds. The Bertz CT molecular complexity index is 941. The summed E-state index contributed by atoms with van der Waals surface area (Å²) in [5.74, 6) is 0.637. The topological polar surface area (TPSA) is 74.5 Å². The molecule has 3 rings (SSSR count). The lowest BCUT2D eigenvalue weighted by Gasteiger charge is -2.15. The molecule has 0 spiro atoms. The van der Waals surface area contributed by atoms with Crippen molar-refractivity contribution in [2.24, 2.45) is 4.99 Å². The number of amides is 1. The first-order chi connectivity index (χ1) is 14.6. The molecule has 7 nitrogen and oxygen atoms in total. The molecule has 0 unspecified atom stereocenters. The molecule has 0 saturated carbocycles. The van der Waals surface area contributed by atoms with E-state index in [0.29, 0.717) is 19.0 Å². The van der Waals surface area contributed by atoms with Crippen molar-refractivity contribution >= 4 is 47.2 Å². The largest absolute Gasteiger partial charge is 0.356 e. The van der Waals surface area contributed by atoms with E-state index in [2.05, 4.69) is 45.4 Å². The monoisotopic (exact) mass is 552 g/mol. The number of hydrogen-bond donors (Lipinski definition) is 2. The van der Waals surface area contributed by atoms with Crippen molar-refractivity contribution < 1.29 is 4.79 Å². The molecule has 2 heterocycles. The van der Waals surface area contributed by atoms with Gasteiger partial charge in [-0.1, -0.05) is 30.3 Å². The molecular weight excluding hydrogens is 523 g/mol. The fraction of sp³-hybridized carbons (Fsp3) is 0.318. The fourth-order valence-corrected chi connectivity index (χ4v) is 3.56. The van der Waals surface area contributed by atoms with Gasteiger partial charge in [0.2, 0.25) is 5.91 Å². The van der Waals surface area contributed by atoms with Gasteiger partial charge in [-0.05, 0) is 35.1 Å². The van der Waals surface area contributed by atoms with Crippen LogP contribution in [0.25, 0.3) is 0 Å². The van der Waals surface area contributed by atoms with Gasteiger partial charge in [-0.2, -0.15) is 5.10 Å². The van der Waals surface area contributed by atoms with E-state index in [1.54, 1.807) is 36.5 Å². The molecular formula is C22H29IN6OS. The third-order valence-corrected chi connectivity index (χ3v) is 5.50. The zero-order valence-electron chi connectivity index (χ0n) is 17.8. The lowest BCUT2D eigenvalue weighted by molar-refractivity contribution is -0.127. The number of hydrogen-bond acceptors (Lipinski definition) is 4. The van der Waals surface area contributed by atoms with Crippen molar-refractivity contribution in [1.29, 1.82) is 0 Å². The van der Waals surface area contributed by atoms with Crippen LogP contribution < -0.4 is 10.6 Å². The minimum absolute atomic E-state index is 0. The van der Waals surface area contributed by atoms with Gasteiger partial charge in [0.15, 0.2) is 5.96 Å². The van der Waals surface area contributed by atoms with Crippen LogP contribution >= 0.6 is 35.3 Å². The number of carbonyl (C=O) groups excluding carboxylic acids is 1. The van der Waals surface area contributed by atoms with Gasteiger partial charge in [0.05, 0.1) is 19.6 Å². The lowest BCUT2D eigenvalue weighted by Crippen LogP contribution is -2.43. The molecule has 31 heavy (non-hydrogen) atoms. The van der Waals surface area contributed by atoms with Gasteiger partial charge < -0.3 is 15.5 Å². The van der Waals surface area contributed by atoms with Crippen LogP contribution in [0.15, 0.2) is 65.2 Å². The zero-order chi connectivity index (χ0) is 21.2. The molecule has 0 radical (unpaired) electrons. The second kappa shape index (κ2) is 13.1. The molecule has 9 heteroatoms. The highest BCUT2D eigenvalue weighted by Gasteiger charge is 2.07. The lowest BCUT2D eigenvalue weighted by atomic mass is 10.1. The molecule has 0 saturated heterocycles. The first-order valence-electron chi connectivity index (χ1n) is 9.91. The summed E-state index contributed by atoms with van der Waals surface area (Å²) >= 11 is 1.74. The molecule has 0 atom stereocenters. The molecule has 2 N–H and O–H groups in total. The average Bonchev–Trinajstić information content (AvgIpc) is 3.44. The van der Waals surface area contributed by atoms with Crippen molar-refractivity contribution in [3.05, 3.63) is 76.2 Å². The highest BCUT2D eigenvalue weighted by atomic mass is 127. The Morgan fingerprint density at radius 1 is 1.13 bits per heavy atom. The summed E-state index contributed by atoms with van der Waals surface area (Å²) in [6.07, 6.45) is 4.64. The predicted octanol–water partition coefficient (Wildman–Crippen LogP) is 2.98. The Kier molecular flexibility index (Phi) is 10.5. The van der Waals surface area contributed by atoms with Crippen molar-refractivity contribution in [2.45, 2.75) is 19.5 Å². The van der Waals surface area contributed by atoms with Gasteiger partial charge in [-0.15, -0.1) is 35.3 Å². The van der Waals surface area contributed by atoms with Gasteiger partial charge in [0.1, 0.15) is 0 Å². The van der Waals surface area contributed by atoms with Crippen LogP contribution in [0.3, 0.4) is 0 Å². The number of guanidine groups is 1. The molecule has 0 bridgehead atoms. The molecule has 1 aromatic carbocycles. The maximum Gasteiger partial charge on any atom is 0.241 e. The van der Waals surface area contributed by atoms with Crippen LogP contribution in [-0.2, 0) is 24.3 Å². The number of thiophene rings is 1. The molecule has 166 valence electrons. The van der Waals surface area contributed by atoms with E-state index in [4.69, 9.17) is 4.99 Å². The minimum Gasteiger partial charge on any atom is -0.356 e. The molecule has 0 aliphatic rings. The molecule has 0 aliphatic carbocycles. The van der Waals surface area contributed by atoms with Crippen LogP contribution in [-0.4, -0.2) is 53.7 Å². The van der Waals surface area contributed by atoms with Crippen molar-refractivity contribution in [3.8, 4) is 0 Å². The average molecular weight is 552 g/mol. The fourth-order valence-electron chi connectivity index (χ4n) is 2.85. The van der Waals surface area contributed by atoms with Gasteiger partial charge in [-0.25, -0.2) is 4.99 Å². The summed E-state index contributed by atoms with van der Waals surface area (Å²) in [4.78, 5) is 19.6. The molecule has 3 aromatic rings. The quantitative estimate of drug-likeness (QED) is 0.243. The Balaban J connectivity index is 0.00000341. The number of nitrogens with one attached hydrogen (secondary N) is 2. The number of nitrogens with zero attached hydrogens (tertiary/aromatic N) is 4. The smallest absolute Gasteiger partial charge is 0.241 e. The van der Waals surface area contributed by atoms with Crippen LogP contribution in [0.5, 0.6) is 0 Å². The third kappa shape index (κ3) is 8.33. The van der Waals surface area contributed by atoms with E-state index in [-0.39, 0.29) is 36.4 Å². The number of likely N-dealkylation sites (N-methyl/N-ethyl adjacent to an activating group) is 1. The van der Waals surface area contributed by atoms with E-state index >= 15 is 0 Å². The van der Waals surface area contributed by atoms with Crippen LogP contribution in [0.2, 0.25) is 0 Å². The first-order valence-corrected chi connectivity index (χ1v) is 10.8. The number of carbonyl (C=O) groups is 1.